The average Bonchev–Trinajstić information content (AvgIpc) is 2.83. The molecule has 6 nitrogen and oxygen atoms in total. The Hall–Kier alpha value is -2.28. The first-order valence-corrected chi connectivity index (χ1v) is 7.25. The molecule has 2 aromatic rings. The quantitative estimate of drug-likeness (QED) is 0.879. The topological polar surface area (TPSA) is 92.2 Å². The van der Waals surface area contributed by atoms with Crippen LogP contribution in [0.4, 0.5) is 0 Å². The van der Waals surface area contributed by atoms with Crippen molar-refractivity contribution in [2.45, 2.75) is 20.3 Å². The van der Waals surface area contributed by atoms with Gasteiger partial charge in [0.05, 0.1) is 16.3 Å². The number of aromatic carboxylic acids is 1. The lowest BCUT2D eigenvalue weighted by Crippen LogP contribution is -2.27. The van der Waals surface area contributed by atoms with Crippen LogP contribution in [0.5, 0.6) is 0 Å². The molecule has 1 amide bonds. The van der Waals surface area contributed by atoms with E-state index in [2.05, 4.69) is 15.3 Å². The zero-order valence-electron chi connectivity index (χ0n) is 11.7. The number of rotatable bonds is 5. The number of amides is 1. The van der Waals surface area contributed by atoms with Gasteiger partial charge < -0.3 is 10.4 Å². The summed E-state index contributed by atoms with van der Waals surface area (Å²) in [7, 11) is 0. The van der Waals surface area contributed by atoms with Crippen molar-refractivity contribution in [1.29, 1.82) is 0 Å². The highest BCUT2D eigenvalue weighted by Gasteiger charge is 2.12. The van der Waals surface area contributed by atoms with Crippen LogP contribution in [0.2, 0.25) is 0 Å². The Balaban J connectivity index is 1.94. The van der Waals surface area contributed by atoms with Gasteiger partial charge >= 0.3 is 5.97 Å². The van der Waals surface area contributed by atoms with Gasteiger partial charge in [-0.1, -0.05) is 0 Å². The Kier molecular flexibility index (Phi) is 4.64. The number of hydrogen-bond acceptors (Lipinski definition) is 5. The van der Waals surface area contributed by atoms with Gasteiger partial charge in [-0.05, 0) is 26.0 Å². The number of carboxylic acid groups (broad SMARTS) is 1. The van der Waals surface area contributed by atoms with Crippen molar-refractivity contribution in [2.75, 3.05) is 6.54 Å². The Labute approximate surface area is 125 Å². The molecule has 21 heavy (non-hydrogen) atoms. The molecular formula is C14H15N3O3S. The molecule has 2 heterocycles. The molecule has 7 heteroatoms. The summed E-state index contributed by atoms with van der Waals surface area (Å²) < 4.78 is 0. The fourth-order valence-corrected chi connectivity index (χ4v) is 2.58. The molecule has 0 unspecified atom stereocenters. The highest BCUT2D eigenvalue weighted by atomic mass is 32.1. The minimum Gasteiger partial charge on any atom is -0.478 e. The molecule has 0 aliphatic heterocycles. The predicted molar refractivity (Wildman–Crippen MR) is 78.8 cm³/mol. The molecule has 0 aliphatic rings. The maximum absolute atomic E-state index is 11.9. The van der Waals surface area contributed by atoms with E-state index in [1.807, 2.05) is 12.3 Å². The number of carboxylic acids is 1. The molecule has 2 N–H and O–H groups in total. The second-order valence-corrected chi connectivity index (χ2v) is 5.47. The van der Waals surface area contributed by atoms with Crippen LogP contribution in [-0.4, -0.2) is 33.5 Å². The van der Waals surface area contributed by atoms with Crippen molar-refractivity contribution in [3.63, 3.8) is 0 Å². The van der Waals surface area contributed by atoms with Gasteiger partial charge in [0, 0.05) is 24.0 Å². The summed E-state index contributed by atoms with van der Waals surface area (Å²) in [6.45, 7) is 3.96. The first kappa shape index (κ1) is 15.1. The molecule has 0 spiro atoms. The lowest BCUT2D eigenvalue weighted by Gasteiger charge is -2.05. The highest BCUT2D eigenvalue weighted by Crippen LogP contribution is 2.09. The minimum atomic E-state index is -1.05. The van der Waals surface area contributed by atoms with E-state index in [0.717, 1.165) is 10.7 Å². The zero-order chi connectivity index (χ0) is 15.4. The second kappa shape index (κ2) is 6.45. The number of aryl methyl sites for hydroxylation is 2. The Morgan fingerprint density at radius 1 is 1.29 bits per heavy atom. The smallest absolute Gasteiger partial charge is 0.337 e. The predicted octanol–water partition coefficient (Wildman–Crippen LogP) is 1.83. The summed E-state index contributed by atoms with van der Waals surface area (Å²) in [6, 6.07) is 2.81. The van der Waals surface area contributed by atoms with Gasteiger partial charge in [0.2, 0.25) is 0 Å². The molecule has 0 aliphatic carbocycles. The standard InChI is InChI=1S/C14H15N3O3S/c1-8-7-21-12(16-8)5-6-15-13(18)11-4-3-10(14(19)20)9(2)17-11/h3-4,7H,5-6H2,1-2H3,(H,15,18)(H,19,20). The summed E-state index contributed by atoms with van der Waals surface area (Å²) in [5.74, 6) is -1.37. The van der Waals surface area contributed by atoms with Gasteiger partial charge in [0.1, 0.15) is 5.69 Å². The van der Waals surface area contributed by atoms with Crippen molar-refractivity contribution >= 4 is 23.2 Å². The van der Waals surface area contributed by atoms with E-state index in [1.165, 1.54) is 12.1 Å². The minimum absolute atomic E-state index is 0.102. The molecule has 0 aromatic carbocycles. The van der Waals surface area contributed by atoms with E-state index in [0.29, 0.717) is 18.7 Å². The van der Waals surface area contributed by atoms with E-state index >= 15 is 0 Å². The van der Waals surface area contributed by atoms with E-state index in [9.17, 15) is 9.59 Å². The maximum Gasteiger partial charge on any atom is 0.337 e. The summed E-state index contributed by atoms with van der Waals surface area (Å²) in [4.78, 5) is 31.2. The van der Waals surface area contributed by atoms with E-state index in [1.54, 1.807) is 18.3 Å². The van der Waals surface area contributed by atoms with Gasteiger partial charge in [-0.2, -0.15) is 0 Å². The second-order valence-electron chi connectivity index (χ2n) is 4.52. The van der Waals surface area contributed by atoms with E-state index in [-0.39, 0.29) is 17.2 Å². The molecule has 0 bridgehead atoms. The van der Waals surface area contributed by atoms with Crippen molar-refractivity contribution in [1.82, 2.24) is 15.3 Å². The molecule has 0 radical (unpaired) electrons. The number of pyridine rings is 1. The third kappa shape index (κ3) is 3.85. The monoisotopic (exact) mass is 305 g/mol. The van der Waals surface area contributed by atoms with E-state index < -0.39 is 5.97 Å². The first-order chi connectivity index (χ1) is 9.97. The lowest BCUT2D eigenvalue weighted by molar-refractivity contribution is 0.0694. The Morgan fingerprint density at radius 3 is 2.62 bits per heavy atom. The number of carbonyl (C=O) groups is 2. The highest BCUT2D eigenvalue weighted by molar-refractivity contribution is 7.09. The average molecular weight is 305 g/mol. The van der Waals surface area contributed by atoms with Crippen LogP contribution in [0.3, 0.4) is 0 Å². The maximum atomic E-state index is 11.9. The summed E-state index contributed by atoms with van der Waals surface area (Å²) >= 11 is 1.56. The number of nitrogens with one attached hydrogen (secondary N) is 1. The van der Waals surface area contributed by atoms with Crippen LogP contribution in [0.25, 0.3) is 0 Å². The van der Waals surface area contributed by atoms with Crippen molar-refractivity contribution in [3.05, 3.63) is 45.2 Å². The Bertz CT molecular complexity index is 682. The van der Waals surface area contributed by atoms with Gasteiger partial charge in [0.25, 0.3) is 5.91 Å². The number of thiazole rings is 1. The number of nitrogens with zero attached hydrogens (tertiary/aromatic N) is 2. The Morgan fingerprint density at radius 2 is 2.05 bits per heavy atom. The van der Waals surface area contributed by atoms with Crippen LogP contribution in [0.1, 0.15) is 37.2 Å². The zero-order valence-corrected chi connectivity index (χ0v) is 12.5. The molecular weight excluding hydrogens is 290 g/mol. The van der Waals surface area contributed by atoms with Crippen LogP contribution < -0.4 is 5.32 Å². The van der Waals surface area contributed by atoms with Crippen LogP contribution >= 0.6 is 11.3 Å². The van der Waals surface area contributed by atoms with E-state index in [4.69, 9.17) is 5.11 Å². The third-order valence-electron chi connectivity index (χ3n) is 2.84. The van der Waals surface area contributed by atoms with Crippen molar-refractivity contribution in [3.8, 4) is 0 Å². The SMILES string of the molecule is Cc1csc(CCNC(=O)c2ccc(C(=O)O)c(C)n2)n1. The largest absolute Gasteiger partial charge is 0.478 e. The summed E-state index contributed by atoms with van der Waals surface area (Å²) in [5, 5.41) is 14.6. The fraction of sp³-hybridized carbons (Fsp3) is 0.286. The molecule has 0 fully saturated rings. The lowest BCUT2D eigenvalue weighted by atomic mass is 10.2. The van der Waals surface area contributed by atoms with Crippen LogP contribution in [-0.2, 0) is 6.42 Å². The van der Waals surface area contributed by atoms with Gasteiger partial charge in [-0.25, -0.2) is 14.8 Å². The van der Waals surface area contributed by atoms with Gasteiger partial charge in [-0.15, -0.1) is 11.3 Å². The molecule has 0 atom stereocenters. The van der Waals surface area contributed by atoms with Crippen molar-refractivity contribution < 1.29 is 14.7 Å². The summed E-state index contributed by atoms with van der Waals surface area (Å²) in [5.41, 5.74) is 1.62. The number of hydrogen-bond donors (Lipinski definition) is 2. The molecule has 110 valence electrons. The van der Waals surface area contributed by atoms with Crippen LogP contribution in [0.15, 0.2) is 17.5 Å². The molecule has 0 saturated carbocycles. The first-order valence-electron chi connectivity index (χ1n) is 6.37. The van der Waals surface area contributed by atoms with Crippen LogP contribution in [0, 0.1) is 13.8 Å². The number of aromatic nitrogens is 2. The summed E-state index contributed by atoms with van der Waals surface area (Å²) in [6.07, 6.45) is 0.663. The fourth-order valence-electron chi connectivity index (χ4n) is 1.80. The number of carbonyl (C=O) groups excluding carboxylic acids is 1. The van der Waals surface area contributed by atoms with Crippen molar-refractivity contribution in [2.24, 2.45) is 0 Å². The molecule has 0 saturated heterocycles. The van der Waals surface area contributed by atoms with Gasteiger partial charge in [0.15, 0.2) is 0 Å². The van der Waals surface area contributed by atoms with Gasteiger partial charge in [-0.3, -0.25) is 4.79 Å². The molecule has 2 aromatic heterocycles. The molecule has 2 rings (SSSR count). The normalized spacial score (nSPS) is 10.4. The third-order valence-corrected chi connectivity index (χ3v) is 3.87.